The van der Waals surface area contributed by atoms with Crippen LogP contribution in [0.15, 0.2) is 66.9 Å². The molecule has 1 heterocycles. The maximum absolute atomic E-state index is 6.09. The minimum Gasteiger partial charge on any atom is -0.345 e. The Morgan fingerprint density at radius 2 is 1.75 bits per heavy atom. The third kappa shape index (κ3) is 7.58. The summed E-state index contributed by atoms with van der Waals surface area (Å²) in [4.78, 5) is 4.89. The average molecular weight is 523 g/mol. The monoisotopic (exact) mass is 522 g/mol. The average Bonchev–Trinajstić information content (AvgIpc) is 3.33. The third-order valence-electron chi connectivity index (χ3n) is 7.35. The highest BCUT2D eigenvalue weighted by Crippen LogP contribution is 2.22. The summed E-state index contributed by atoms with van der Waals surface area (Å²) in [6.45, 7) is 5.72. The van der Waals surface area contributed by atoms with E-state index in [0.29, 0.717) is 0 Å². The molecule has 4 nitrogen and oxygen atoms in total. The number of rotatable bonds is 10. The second-order valence-electron chi connectivity index (χ2n) is 10.0. The molecule has 0 radical (unpaired) electrons. The van der Waals surface area contributed by atoms with Gasteiger partial charge < -0.3 is 19.7 Å². The van der Waals surface area contributed by atoms with Gasteiger partial charge in [-0.1, -0.05) is 61.2 Å². The number of thiocarbonyl (C=S) groups is 1. The Kier molecular flexibility index (Phi) is 9.85. The molecule has 3 aromatic rings. The SMILES string of the molecule is Cc1ccccc1NC(=S)N(CCCN(C)C1CCCCC1)Cc1cccn1Cc1ccc(Cl)cc1. The molecule has 6 heteroatoms. The van der Waals surface area contributed by atoms with Crippen LogP contribution in [0.4, 0.5) is 5.69 Å². The van der Waals surface area contributed by atoms with E-state index in [4.69, 9.17) is 23.8 Å². The number of aryl methyl sites for hydroxylation is 1. The van der Waals surface area contributed by atoms with Crippen molar-refractivity contribution in [3.8, 4) is 0 Å². The molecule has 0 bridgehead atoms. The van der Waals surface area contributed by atoms with E-state index < -0.39 is 0 Å². The number of nitrogens with one attached hydrogen (secondary N) is 1. The maximum atomic E-state index is 6.09. The first-order valence-corrected chi connectivity index (χ1v) is 14.0. The quantitative estimate of drug-likeness (QED) is 0.281. The van der Waals surface area contributed by atoms with Crippen LogP contribution < -0.4 is 5.32 Å². The van der Waals surface area contributed by atoms with Crippen molar-refractivity contribution < 1.29 is 0 Å². The molecular weight excluding hydrogens is 484 g/mol. The number of hydrogen-bond donors (Lipinski definition) is 1. The van der Waals surface area contributed by atoms with E-state index >= 15 is 0 Å². The van der Waals surface area contributed by atoms with Gasteiger partial charge in [0.1, 0.15) is 0 Å². The van der Waals surface area contributed by atoms with Crippen LogP contribution in [0.5, 0.6) is 0 Å². The first-order valence-electron chi connectivity index (χ1n) is 13.2. The molecule has 0 unspecified atom stereocenters. The van der Waals surface area contributed by atoms with Gasteiger partial charge in [-0.05, 0) is 93.5 Å². The molecule has 1 saturated carbocycles. The Bertz CT molecular complexity index is 1100. The summed E-state index contributed by atoms with van der Waals surface area (Å²) < 4.78 is 2.31. The van der Waals surface area contributed by atoms with Crippen LogP contribution in [0, 0.1) is 6.92 Å². The molecule has 1 fully saturated rings. The number of nitrogens with zero attached hydrogens (tertiary/aromatic N) is 3. The lowest BCUT2D eigenvalue weighted by atomic mass is 9.94. The Morgan fingerprint density at radius 3 is 2.50 bits per heavy atom. The van der Waals surface area contributed by atoms with Crippen LogP contribution in [0.3, 0.4) is 0 Å². The molecule has 0 spiro atoms. The molecule has 2 aromatic carbocycles. The Morgan fingerprint density at radius 1 is 1.00 bits per heavy atom. The maximum Gasteiger partial charge on any atom is 0.173 e. The third-order valence-corrected chi connectivity index (χ3v) is 7.97. The van der Waals surface area contributed by atoms with Crippen LogP contribution in [0.25, 0.3) is 0 Å². The molecule has 36 heavy (non-hydrogen) atoms. The van der Waals surface area contributed by atoms with Crippen LogP contribution >= 0.6 is 23.8 Å². The number of para-hydroxylation sites is 1. The summed E-state index contributed by atoms with van der Waals surface area (Å²) in [7, 11) is 2.29. The molecule has 0 saturated heterocycles. The fraction of sp³-hybridized carbons (Fsp3) is 0.433. The number of anilines is 1. The minimum absolute atomic E-state index is 0.737. The number of hydrogen-bond acceptors (Lipinski definition) is 2. The van der Waals surface area contributed by atoms with E-state index in [-0.39, 0.29) is 0 Å². The Labute approximate surface area is 227 Å². The first-order chi connectivity index (χ1) is 17.5. The zero-order valence-corrected chi connectivity index (χ0v) is 23.2. The van der Waals surface area contributed by atoms with Gasteiger partial charge >= 0.3 is 0 Å². The zero-order chi connectivity index (χ0) is 25.3. The number of benzene rings is 2. The predicted octanol–water partition coefficient (Wildman–Crippen LogP) is 7.35. The van der Waals surface area contributed by atoms with Gasteiger partial charge in [0.15, 0.2) is 5.11 Å². The highest BCUT2D eigenvalue weighted by atomic mass is 35.5. The van der Waals surface area contributed by atoms with Crippen LogP contribution in [-0.4, -0.2) is 45.7 Å². The van der Waals surface area contributed by atoms with Crippen molar-refractivity contribution in [1.29, 1.82) is 0 Å². The van der Waals surface area contributed by atoms with E-state index in [0.717, 1.165) is 54.5 Å². The van der Waals surface area contributed by atoms with E-state index in [1.807, 2.05) is 12.1 Å². The smallest absolute Gasteiger partial charge is 0.173 e. The van der Waals surface area contributed by atoms with Gasteiger partial charge in [-0.2, -0.15) is 0 Å². The van der Waals surface area contributed by atoms with Gasteiger partial charge in [0.2, 0.25) is 0 Å². The van der Waals surface area contributed by atoms with Crippen molar-refractivity contribution in [3.05, 3.63) is 88.7 Å². The molecule has 1 aliphatic carbocycles. The van der Waals surface area contributed by atoms with Gasteiger partial charge in [0.25, 0.3) is 0 Å². The van der Waals surface area contributed by atoms with Gasteiger partial charge in [-0.3, -0.25) is 0 Å². The zero-order valence-electron chi connectivity index (χ0n) is 21.6. The van der Waals surface area contributed by atoms with E-state index in [1.165, 1.54) is 48.9 Å². The standard InChI is InChI=1S/C30H39ClN4S/c1-24-10-6-7-14-29(24)32-30(36)35(21-9-19-33(2)27-11-4-3-5-12-27)23-28-13-8-20-34(28)22-25-15-17-26(31)18-16-25/h6-8,10,13-18,20,27H,3-5,9,11-12,19,21-23H2,1-2H3,(H,32,36). The molecule has 0 amide bonds. The molecule has 4 rings (SSSR count). The summed E-state index contributed by atoms with van der Waals surface area (Å²) >= 11 is 12.0. The minimum atomic E-state index is 0.737. The lowest BCUT2D eigenvalue weighted by Gasteiger charge is -2.32. The molecular formula is C30H39ClN4S. The molecule has 192 valence electrons. The molecule has 0 aliphatic heterocycles. The van der Waals surface area contributed by atoms with E-state index in [1.54, 1.807) is 0 Å². The van der Waals surface area contributed by atoms with E-state index in [2.05, 4.69) is 88.4 Å². The molecule has 1 N–H and O–H groups in total. The van der Waals surface area contributed by atoms with Crippen molar-refractivity contribution in [2.75, 3.05) is 25.5 Å². The Hall–Kier alpha value is -2.34. The summed E-state index contributed by atoms with van der Waals surface area (Å²) in [5, 5.41) is 5.07. The topological polar surface area (TPSA) is 23.4 Å². The number of halogens is 1. The van der Waals surface area contributed by atoms with Gasteiger partial charge in [0.05, 0.1) is 6.54 Å². The molecule has 1 aliphatic rings. The highest BCUT2D eigenvalue weighted by Gasteiger charge is 2.19. The predicted molar refractivity (Wildman–Crippen MR) is 157 cm³/mol. The summed E-state index contributed by atoms with van der Waals surface area (Å²) in [5.41, 5.74) is 4.75. The summed E-state index contributed by atoms with van der Waals surface area (Å²) in [5.74, 6) is 0. The lowest BCUT2D eigenvalue weighted by molar-refractivity contribution is 0.185. The largest absolute Gasteiger partial charge is 0.345 e. The normalized spacial score (nSPS) is 14.2. The second-order valence-corrected chi connectivity index (χ2v) is 10.9. The summed E-state index contributed by atoms with van der Waals surface area (Å²) in [6.07, 6.45) is 10.0. The van der Waals surface area contributed by atoms with Gasteiger partial charge in [-0.15, -0.1) is 0 Å². The fourth-order valence-corrected chi connectivity index (χ4v) is 5.50. The fourth-order valence-electron chi connectivity index (χ4n) is 5.10. The van der Waals surface area contributed by atoms with E-state index in [9.17, 15) is 0 Å². The molecule has 0 atom stereocenters. The summed E-state index contributed by atoms with van der Waals surface area (Å²) in [6, 6.07) is 21.5. The van der Waals surface area contributed by atoms with Gasteiger partial charge in [0, 0.05) is 41.7 Å². The van der Waals surface area contributed by atoms with Crippen molar-refractivity contribution in [1.82, 2.24) is 14.4 Å². The van der Waals surface area contributed by atoms with Crippen molar-refractivity contribution in [2.45, 2.75) is 64.6 Å². The van der Waals surface area contributed by atoms with Crippen molar-refractivity contribution in [3.63, 3.8) is 0 Å². The number of aromatic nitrogens is 1. The van der Waals surface area contributed by atoms with Gasteiger partial charge in [-0.25, -0.2) is 0 Å². The highest BCUT2D eigenvalue weighted by molar-refractivity contribution is 7.80. The Balaban J connectivity index is 1.43. The van der Waals surface area contributed by atoms with Crippen LogP contribution in [0.2, 0.25) is 5.02 Å². The second kappa shape index (κ2) is 13.3. The van der Waals surface area contributed by atoms with Crippen molar-refractivity contribution >= 4 is 34.6 Å². The van der Waals surface area contributed by atoms with Crippen LogP contribution in [0.1, 0.15) is 55.3 Å². The van der Waals surface area contributed by atoms with Crippen molar-refractivity contribution in [2.24, 2.45) is 0 Å². The van der Waals surface area contributed by atoms with Crippen LogP contribution in [-0.2, 0) is 13.1 Å². The lowest BCUT2D eigenvalue weighted by Crippen LogP contribution is -2.39. The first kappa shape index (κ1) is 26.7. The molecule has 1 aromatic heterocycles.